The van der Waals surface area contributed by atoms with Crippen molar-refractivity contribution in [1.29, 1.82) is 0 Å². The third-order valence-corrected chi connectivity index (χ3v) is 5.59. The molecule has 168 valence electrons. The maximum Gasteiger partial charge on any atom is 0.387 e. The number of ether oxygens (including phenoxy) is 3. The minimum absolute atomic E-state index is 0.0101. The van der Waals surface area contributed by atoms with Crippen molar-refractivity contribution < 1.29 is 23.0 Å². The number of H-pyrrole nitrogens is 1. The minimum atomic E-state index is -2.91. The van der Waals surface area contributed by atoms with Gasteiger partial charge in [-0.2, -0.15) is 8.78 Å². The van der Waals surface area contributed by atoms with E-state index in [9.17, 15) is 13.6 Å². The van der Waals surface area contributed by atoms with Crippen molar-refractivity contribution in [3.05, 3.63) is 45.4 Å². The predicted molar refractivity (Wildman–Crippen MR) is 110 cm³/mol. The molecule has 1 fully saturated rings. The van der Waals surface area contributed by atoms with Crippen LogP contribution < -0.4 is 19.9 Å². The van der Waals surface area contributed by atoms with E-state index >= 15 is 0 Å². The van der Waals surface area contributed by atoms with Gasteiger partial charge in [-0.15, -0.1) is 0 Å². The van der Waals surface area contributed by atoms with Gasteiger partial charge in [0.05, 0.1) is 26.0 Å². The summed E-state index contributed by atoms with van der Waals surface area (Å²) < 4.78 is 40.1. The summed E-state index contributed by atoms with van der Waals surface area (Å²) in [6.45, 7) is 1.81. The monoisotopic (exact) mass is 436 g/mol. The number of fused-ring (bicyclic) bond motifs is 1. The molecule has 8 nitrogen and oxygen atoms in total. The molecule has 3 heterocycles. The number of aromatic nitrogens is 2. The maximum absolute atomic E-state index is 12.7. The van der Waals surface area contributed by atoms with Crippen molar-refractivity contribution >= 4 is 5.95 Å². The van der Waals surface area contributed by atoms with E-state index in [4.69, 9.17) is 14.5 Å². The second kappa shape index (κ2) is 9.61. The van der Waals surface area contributed by atoms with Gasteiger partial charge in [-0.3, -0.25) is 14.7 Å². The van der Waals surface area contributed by atoms with Crippen LogP contribution in [0.25, 0.3) is 0 Å². The van der Waals surface area contributed by atoms with Crippen LogP contribution in [0.4, 0.5) is 14.7 Å². The molecule has 31 heavy (non-hydrogen) atoms. The molecule has 10 heteroatoms. The number of aromatic amines is 1. The molecule has 2 aromatic rings. The number of morpholine rings is 1. The van der Waals surface area contributed by atoms with Crippen LogP contribution in [0, 0.1) is 0 Å². The van der Waals surface area contributed by atoms with Gasteiger partial charge in [-0.1, -0.05) is 6.07 Å². The molecule has 1 N–H and O–H groups in total. The standard InChI is InChI=1S/C21H26F2N4O4/c1-29-18-12-14(2-3-17(18)31-20(22)23)13-26-6-4-15-16(5-7-26)24-21(25-19(15)28)27-8-10-30-11-9-27/h2-3,12,20H,4-11,13H2,1H3,(H,24,25,28). The van der Waals surface area contributed by atoms with Crippen molar-refractivity contribution in [2.45, 2.75) is 26.0 Å². The van der Waals surface area contributed by atoms with Gasteiger partial charge in [0, 0.05) is 44.7 Å². The molecular formula is C21H26F2N4O4. The lowest BCUT2D eigenvalue weighted by Gasteiger charge is -2.27. The van der Waals surface area contributed by atoms with Gasteiger partial charge in [-0.05, 0) is 24.1 Å². The summed E-state index contributed by atoms with van der Waals surface area (Å²) in [6, 6.07) is 4.95. The van der Waals surface area contributed by atoms with Crippen molar-refractivity contribution in [1.82, 2.24) is 14.9 Å². The van der Waals surface area contributed by atoms with Gasteiger partial charge in [0.2, 0.25) is 5.95 Å². The van der Waals surface area contributed by atoms with E-state index in [1.807, 2.05) is 4.90 Å². The number of halogens is 2. The Kier molecular flexibility index (Phi) is 6.67. The molecule has 0 bridgehead atoms. The van der Waals surface area contributed by atoms with E-state index in [0.29, 0.717) is 58.2 Å². The zero-order valence-electron chi connectivity index (χ0n) is 17.4. The highest BCUT2D eigenvalue weighted by Crippen LogP contribution is 2.30. The molecule has 0 aliphatic carbocycles. The topological polar surface area (TPSA) is 79.9 Å². The van der Waals surface area contributed by atoms with Crippen molar-refractivity contribution in [2.24, 2.45) is 0 Å². The second-order valence-electron chi connectivity index (χ2n) is 7.55. The van der Waals surface area contributed by atoms with Gasteiger partial charge in [-0.25, -0.2) is 4.98 Å². The highest BCUT2D eigenvalue weighted by atomic mass is 19.3. The Bertz CT molecular complexity index is 963. The quantitative estimate of drug-likeness (QED) is 0.740. The molecule has 4 rings (SSSR count). The molecule has 0 amide bonds. The number of alkyl halides is 2. The first kappa shape index (κ1) is 21.5. The fourth-order valence-electron chi connectivity index (χ4n) is 3.99. The Balaban J connectivity index is 1.46. The molecule has 0 spiro atoms. The number of hydrogen-bond acceptors (Lipinski definition) is 7. The van der Waals surface area contributed by atoms with Crippen LogP contribution >= 0.6 is 0 Å². The Labute approximate surface area is 178 Å². The molecule has 0 unspecified atom stereocenters. The normalized spacial score (nSPS) is 17.4. The fourth-order valence-corrected chi connectivity index (χ4v) is 3.99. The summed E-state index contributed by atoms with van der Waals surface area (Å²) in [5, 5.41) is 0. The highest BCUT2D eigenvalue weighted by molar-refractivity contribution is 5.43. The zero-order valence-corrected chi connectivity index (χ0v) is 17.4. The number of nitrogens with zero attached hydrogens (tertiary/aromatic N) is 3. The first-order valence-corrected chi connectivity index (χ1v) is 10.3. The van der Waals surface area contributed by atoms with Crippen LogP contribution in [0.5, 0.6) is 11.5 Å². The number of nitrogens with one attached hydrogen (secondary N) is 1. The van der Waals surface area contributed by atoms with Crippen LogP contribution in [-0.4, -0.2) is 68.0 Å². The summed E-state index contributed by atoms with van der Waals surface area (Å²) in [6.07, 6.45) is 1.27. The van der Waals surface area contributed by atoms with Crippen molar-refractivity contribution in [2.75, 3.05) is 51.4 Å². The molecule has 2 aliphatic rings. The second-order valence-corrected chi connectivity index (χ2v) is 7.55. The number of benzene rings is 1. The van der Waals surface area contributed by atoms with E-state index in [2.05, 4.69) is 14.6 Å². The first-order chi connectivity index (χ1) is 15.0. The van der Waals surface area contributed by atoms with E-state index in [1.165, 1.54) is 13.2 Å². The van der Waals surface area contributed by atoms with Gasteiger partial charge in [0.15, 0.2) is 11.5 Å². The molecule has 1 saturated heterocycles. The lowest BCUT2D eigenvalue weighted by molar-refractivity contribution is -0.0512. The van der Waals surface area contributed by atoms with Gasteiger partial charge in [0.25, 0.3) is 5.56 Å². The van der Waals surface area contributed by atoms with Crippen LogP contribution in [0.2, 0.25) is 0 Å². The summed E-state index contributed by atoms with van der Waals surface area (Å²) in [7, 11) is 1.42. The van der Waals surface area contributed by atoms with Crippen molar-refractivity contribution in [3.63, 3.8) is 0 Å². The summed E-state index contributed by atoms with van der Waals surface area (Å²) in [5.41, 5.74) is 2.41. The average molecular weight is 436 g/mol. The highest BCUT2D eigenvalue weighted by Gasteiger charge is 2.22. The predicted octanol–water partition coefficient (Wildman–Crippen LogP) is 1.82. The first-order valence-electron chi connectivity index (χ1n) is 10.3. The van der Waals surface area contributed by atoms with Gasteiger partial charge >= 0.3 is 6.61 Å². The SMILES string of the molecule is COc1cc(CN2CCc3nc(N4CCOCC4)[nH]c(=O)c3CC2)ccc1OC(F)F. The van der Waals surface area contributed by atoms with E-state index < -0.39 is 6.61 Å². The van der Waals surface area contributed by atoms with E-state index in [1.54, 1.807) is 12.1 Å². The van der Waals surface area contributed by atoms with Gasteiger partial charge in [0.1, 0.15) is 0 Å². The molecular weight excluding hydrogens is 410 g/mol. The molecule has 1 aromatic carbocycles. The Morgan fingerprint density at radius 1 is 1.16 bits per heavy atom. The van der Waals surface area contributed by atoms with Crippen LogP contribution in [0.1, 0.15) is 16.8 Å². The number of methoxy groups -OCH3 is 1. The van der Waals surface area contributed by atoms with E-state index in [-0.39, 0.29) is 17.1 Å². The zero-order chi connectivity index (χ0) is 21.8. The Hall–Kier alpha value is -2.72. The van der Waals surface area contributed by atoms with Crippen LogP contribution in [-0.2, 0) is 24.1 Å². The third kappa shape index (κ3) is 5.13. The molecule has 0 radical (unpaired) electrons. The third-order valence-electron chi connectivity index (χ3n) is 5.59. The Morgan fingerprint density at radius 3 is 2.68 bits per heavy atom. The lowest BCUT2D eigenvalue weighted by Crippen LogP contribution is -2.38. The smallest absolute Gasteiger partial charge is 0.387 e. The molecule has 2 aliphatic heterocycles. The van der Waals surface area contributed by atoms with Gasteiger partial charge < -0.3 is 19.1 Å². The minimum Gasteiger partial charge on any atom is -0.493 e. The summed E-state index contributed by atoms with van der Waals surface area (Å²) >= 11 is 0. The largest absolute Gasteiger partial charge is 0.493 e. The number of hydrogen-bond donors (Lipinski definition) is 1. The lowest BCUT2D eigenvalue weighted by atomic mass is 10.1. The molecule has 0 saturated carbocycles. The van der Waals surface area contributed by atoms with Crippen molar-refractivity contribution in [3.8, 4) is 11.5 Å². The van der Waals surface area contributed by atoms with Crippen LogP contribution in [0.15, 0.2) is 23.0 Å². The fraction of sp³-hybridized carbons (Fsp3) is 0.524. The van der Waals surface area contributed by atoms with E-state index in [0.717, 1.165) is 23.4 Å². The maximum atomic E-state index is 12.7. The summed E-state index contributed by atoms with van der Waals surface area (Å²) in [5.74, 6) is 0.889. The molecule has 1 aromatic heterocycles. The molecule has 0 atom stereocenters. The summed E-state index contributed by atoms with van der Waals surface area (Å²) in [4.78, 5) is 24.6. The average Bonchev–Trinajstić information content (AvgIpc) is 2.98. The number of anilines is 1. The number of rotatable bonds is 6. The Morgan fingerprint density at radius 2 is 1.94 bits per heavy atom. The van der Waals surface area contributed by atoms with Crippen LogP contribution in [0.3, 0.4) is 0 Å².